The van der Waals surface area contributed by atoms with E-state index in [1.54, 1.807) is 6.92 Å². The maximum atomic E-state index is 12.5. The zero-order chi connectivity index (χ0) is 16.2. The van der Waals surface area contributed by atoms with Crippen LogP contribution < -0.4 is 5.32 Å². The van der Waals surface area contributed by atoms with Gasteiger partial charge in [0.25, 0.3) is 5.91 Å². The van der Waals surface area contributed by atoms with Crippen molar-refractivity contribution in [2.45, 2.75) is 34.6 Å². The third kappa shape index (κ3) is 4.18. The summed E-state index contributed by atoms with van der Waals surface area (Å²) < 4.78 is 0. The predicted octanol–water partition coefficient (Wildman–Crippen LogP) is 3.51. The number of carbonyl (C=O) groups is 1. The van der Waals surface area contributed by atoms with Gasteiger partial charge in [-0.15, -0.1) is 0 Å². The first kappa shape index (κ1) is 17.0. The van der Waals surface area contributed by atoms with Crippen LogP contribution in [0.5, 0.6) is 0 Å². The van der Waals surface area contributed by atoms with E-state index in [1.807, 2.05) is 57.8 Å². The molecule has 0 fully saturated rings. The predicted molar refractivity (Wildman–Crippen MR) is 89.0 cm³/mol. The van der Waals surface area contributed by atoms with E-state index < -0.39 is 0 Å². The van der Waals surface area contributed by atoms with E-state index in [4.69, 9.17) is 5.41 Å². The highest BCUT2D eigenvalue weighted by atomic mass is 16.1. The maximum Gasteiger partial charge on any atom is 0.259 e. The van der Waals surface area contributed by atoms with E-state index in [1.165, 1.54) is 5.56 Å². The summed E-state index contributed by atoms with van der Waals surface area (Å²) in [7, 11) is 1.92. The fraction of sp³-hybridized carbons (Fsp3) is 0.412. The zero-order valence-electron chi connectivity index (χ0n) is 13.8. The van der Waals surface area contributed by atoms with Crippen LogP contribution in [-0.4, -0.2) is 30.1 Å². The van der Waals surface area contributed by atoms with Gasteiger partial charge in [-0.3, -0.25) is 4.79 Å². The molecule has 0 atom stereocenters. The lowest BCUT2D eigenvalue weighted by atomic mass is 10.1. The van der Waals surface area contributed by atoms with Crippen molar-refractivity contribution in [3.63, 3.8) is 0 Å². The molecule has 0 radical (unpaired) electrons. The Bertz CT molecular complexity index is 588. The molecule has 0 spiro atoms. The Morgan fingerprint density at radius 2 is 1.86 bits per heavy atom. The van der Waals surface area contributed by atoms with Gasteiger partial charge in [-0.1, -0.05) is 6.07 Å². The lowest BCUT2D eigenvalue weighted by Crippen LogP contribution is -2.26. The minimum Gasteiger partial charge on any atom is -0.378 e. The van der Waals surface area contributed by atoms with Gasteiger partial charge in [0.1, 0.15) is 0 Å². The van der Waals surface area contributed by atoms with Crippen molar-refractivity contribution >= 4 is 17.3 Å². The van der Waals surface area contributed by atoms with Gasteiger partial charge in [-0.25, -0.2) is 0 Å². The lowest BCUT2D eigenvalue weighted by molar-refractivity contribution is -0.112. The van der Waals surface area contributed by atoms with Crippen molar-refractivity contribution in [3.05, 3.63) is 40.6 Å². The molecule has 0 aromatic heterocycles. The molecule has 114 valence electrons. The number of aryl methyl sites for hydroxylation is 2. The number of nitrogens with one attached hydrogen (secondary N) is 2. The quantitative estimate of drug-likeness (QED) is 0.643. The van der Waals surface area contributed by atoms with E-state index in [-0.39, 0.29) is 11.6 Å². The van der Waals surface area contributed by atoms with Crippen LogP contribution in [0.3, 0.4) is 0 Å². The van der Waals surface area contributed by atoms with Gasteiger partial charge in [0.15, 0.2) is 0 Å². The number of benzene rings is 1. The first-order valence-corrected chi connectivity index (χ1v) is 7.14. The Hall–Kier alpha value is -2.10. The second kappa shape index (κ2) is 7.07. The third-order valence-electron chi connectivity index (χ3n) is 3.78. The molecule has 4 nitrogen and oxygen atoms in total. The fourth-order valence-corrected chi connectivity index (χ4v) is 2.05. The van der Waals surface area contributed by atoms with Gasteiger partial charge in [0.05, 0.1) is 5.57 Å². The number of rotatable bonds is 5. The Labute approximate surface area is 127 Å². The van der Waals surface area contributed by atoms with Gasteiger partial charge in [0.2, 0.25) is 0 Å². The van der Waals surface area contributed by atoms with Gasteiger partial charge in [0, 0.05) is 30.7 Å². The van der Waals surface area contributed by atoms with Crippen LogP contribution in [0.2, 0.25) is 0 Å². The number of carbonyl (C=O) groups excluding carboxylic acids is 1. The van der Waals surface area contributed by atoms with Gasteiger partial charge in [-0.05, 0) is 57.9 Å². The number of hydrogen-bond donors (Lipinski definition) is 2. The smallest absolute Gasteiger partial charge is 0.259 e. The fourth-order valence-electron chi connectivity index (χ4n) is 2.05. The maximum absolute atomic E-state index is 12.5. The van der Waals surface area contributed by atoms with Crippen molar-refractivity contribution in [2.75, 3.05) is 18.9 Å². The summed E-state index contributed by atoms with van der Waals surface area (Å²) in [4.78, 5) is 14.4. The van der Waals surface area contributed by atoms with E-state index in [0.717, 1.165) is 23.5 Å². The number of anilines is 1. The van der Waals surface area contributed by atoms with Crippen LogP contribution in [0.4, 0.5) is 5.69 Å². The highest BCUT2D eigenvalue weighted by Gasteiger charge is 2.17. The minimum absolute atomic E-state index is 0.233. The molecule has 1 amide bonds. The molecule has 0 aliphatic heterocycles. The molecule has 0 saturated carbocycles. The van der Waals surface area contributed by atoms with Crippen molar-refractivity contribution in [2.24, 2.45) is 0 Å². The van der Waals surface area contributed by atoms with Gasteiger partial charge < -0.3 is 15.6 Å². The molecule has 2 N–H and O–H groups in total. The summed E-state index contributed by atoms with van der Waals surface area (Å²) >= 11 is 0. The van der Waals surface area contributed by atoms with Crippen LogP contribution in [0.15, 0.2) is 29.5 Å². The van der Waals surface area contributed by atoms with Crippen molar-refractivity contribution < 1.29 is 4.79 Å². The molecular formula is C17H25N3O. The van der Waals surface area contributed by atoms with Crippen molar-refractivity contribution in [1.29, 1.82) is 5.41 Å². The minimum atomic E-state index is -0.233. The molecule has 0 saturated heterocycles. The lowest BCUT2D eigenvalue weighted by Gasteiger charge is -2.21. The molecule has 0 bridgehead atoms. The monoisotopic (exact) mass is 287 g/mol. The average molecular weight is 287 g/mol. The Morgan fingerprint density at radius 1 is 1.24 bits per heavy atom. The molecule has 0 unspecified atom stereocenters. The number of amides is 1. The molecule has 21 heavy (non-hydrogen) atoms. The summed E-state index contributed by atoms with van der Waals surface area (Å²) in [6, 6.07) is 5.82. The largest absolute Gasteiger partial charge is 0.378 e. The van der Waals surface area contributed by atoms with Crippen molar-refractivity contribution in [3.8, 4) is 0 Å². The highest BCUT2D eigenvalue weighted by molar-refractivity contribution is 6.24. The van der Waals surface area contributed by atoms with E-state index in [0.29, 0.717) is 5.57 Å². The second-order valence-corrected chi connectivity index (χ2v) is 5.35. The molecule has 1 aromatic carbocycles. The van der Waals surface area contributed by atoms with Crippen LogP contribution >= 0.6 is 0 Å². The van der Waals surface area contributed by atoms with Crippen molar-refractivity contribution in [1.82, 2.24) is 4.90 Å². The SMILES string of the molecule is CCN(C)/C(C)=C(/C(C)=N)C(=O)Nc1ccc(C)c(C)c1. The van der Waals surface area contributed by atoms with Gasteiger partial charge >= 0.3 is 0 Å². The zero-order valence-corrected chi connectivity index (χ0v) is 13.8. The normalized spacial score (nSPS) is 11.7. The third-order valence-corrected chi connectivity index (χ3v) is 3.78. The Kier molecular flexibility index (Phi) is 5.70. The average Bonchev–Trinajstić information content (AvgIpc) is 2.41. The summed E-state index contributed by atoms with van der Waals surface area (Å²) in [6.45, 7) is 10.4. The van der Waals surface area contributed by atoms with Crippen LogP contribution in [-0.2, 0) is 4.79 Å². The molecule has 0 heterocycles. The summed E-state index contributed by atoms with van der Waals surface area (Å²) in [5.41, 5.74) is 4.59. The molecule has 1 rings (SSSR count). The summed E-state index contributed by atoms with van der Waals surface area (Å²) in [5.74, 6) is -0.233. The summed E-state index contributed by atoms with van der Waals surface area (Å²) in [5, 5.41) is 10.8. The second-order valence-electron chi connectivity index (χ2n) is 5.35. The first-order chi connectivity index (χ1) is 9.77. The first-order valence-electron chi connectivity index (χ1n) is 7.14. The van der Waals surface area contributed by atoms with Crippen LogP contribution in [0.25, 0.3) is 0 Å². The molecule has 1 aromatic rings. The van der Waals surface area contributed by atoms with Crippen LogP contribution in [0.1, 0.15) is 31.9 Å². The number of allylic oxidation sites excluding steroid dienone is 1. The molecule has 0 aliphatic rings. The topological polar surface area (TPSA) is 56.2 Å². The molecule has 4 heteroatoms. The van der Waals surface area contributed by atoms with E-state index in [9.17, 15) is 4.79 Å². The van der Waals surface area contributed by atoms with E-state index >= 15 is 0 Å². The number of nitrogens with zero attached hydrogens (tertiary/aromatic N) is 1. The van der Waals surface area contributed by atoms with Crippen LogP contribution in [0, 0.1) is 19.3 Å². The Morgan fingerprint density at radius 3 is 2.33 bits per heavy atom. The number of hydrogen-bond acceptors (Lipinski definition) is 3. The van der Waals surface area contributed by atoms with E-state index in [2.05, 4.69) is 5.32 Å². The summed E-state index contributed by atoms with van der Waals surface area (Å²) in [6.07, 6.45) is 0. The highest BCUT2D eigenvalue weighted by Crippen LogP contribution is 2.17. The standard InChI is InChI=1S/C17H25N3O/c1-7-20(6)14(5)16(13(4)18)17(21)19-15-9-8-11(2)12(3)10-15/h8-10,18H,7H2,1-6H3,(H,19,21)/b16-14-,18-13?. The Balaban J connectivity index is 3.08. The van der Waals surface area contributed by atoms with Gasteiger partial charge in [-0.2, -0.15) is 0 Å². The molecule has 0 aliphatic carbocycles. The molecular weight excluding hydrogens is 262 g/mol.